The molecule has 0 aliphatic carbocycles. The molecule has 0 amide bonds. The maximum Gasteiger partial charge on any atom is 0.329 e. The van der Waals surface area contributed by atoms with Crippen molar-refractivity contribution in [3.63, 3.8) is 0 Å². The summed E-state index contributed by atoms with van der Waals surface area (Å²) in [5, 5.41) is -0.0683. The Morgan fingerprint density at radius 2 is 1.24 bits per heavy atom. The zero-order valence-electron chi connectivity index (χ0n) is 12.8. The van der Waals surface area contributed by atoms with Gasteiger partial charge in [0, 0.05) is 11.1 Å². The van der Waals surface area contributed by atoms with Crippen LogP contribution in [-0.2, 0) is 0 Å². The van der Waals surface area contributed by atoms with Crippen molar-refractivity contribution in [2.45, 2.75) is 0 Å². The smallest absolute Gasteiger partial charge is 0.329 e. The Kier molecular flexibility index (Phi) is 4.80. The Bertz CT molecular complexity index is 928. The first kappa shape index (κ1) is 16.3. The monoisotopic (exact) mass is 347 g/mol. The number of aromatic nitrogens is 3. The Balaban J connectivity index is 1.85. The zero-order chi connectivity index (χ0) is 17.6. The van der Waals surface area contributed by atoms with E-state index in [1.54, 1.807) is 48.5 Å². The molecule has 0 aliphatic heterocycles. The molecule has 5 nitrogen and oxygen atoms in total. The SMILES string of the molecule is C#Cc1cccc(Oc2nc(Cl)nc(Oc3cccc(C#C)c3)n2)c1. The van der Waals surface area contributed by atoms with Crippen LogP contribution in [0.5, 0.6) is 23.5 Å². The highest BCUT2D eigenvalue weighted by Crippen LogP contribution is 2.24. The Morgan fingerprint density at radius 1 is 0.760 bits per heavy atom. The fraction of sp³-hybridized carbons (Fsp3) is 0. The number of nitrogens with zero attached hydrogens (tertiary/aromatic N) is 3. The van der Waals surface area contributed by atoms with Crippen LogP contribution >= 0.6 is 11.6 Å². The van der Waals surface area contributed by atoms with E-state index < -0.39 is 0 Å². The Labute approximate surface area is 149 Å². The highest BCUT2D eigenvalue weighted by atomic mass is 35.5. The molecule has 1 aromatic heterocycles. The fourth-order valence-electron chi connectivity index (χ4n) is 1.92. The predicted octanol–water partition coefficient (Wildman–Crippen LogP) is 4.07. The van der Waals surface area contributed by atoms with Crippen LogP contribution in [0.25, 0.3) is 0 Å². The van der Waals surface area contributed by atoms with Gasteiger partial charge in [0.1, 0.15) is 11.5 Å². The fourth-order valence-corrected chi connectivity index (χ4v) is 2.06. The van der Waals surface area contributed by atoms with Gasteiger partial charge in [-0.05, 0) is 48.0 Å². The Hall–Kier alpha value is -3.54. The van der Waals surface area contributed by atoms with Crippen molar-refractivity contribution in [3.05, 3.63) is 64.9 Å². The molecule has 0 spiro atoms. The zero-order valence-corrected chi connectivity index (χ0v) is 13.6. The summed E-state index contributed by atoms with van der Waals surface area (Å²) in [7, 11) is 0. The lowest BCUT2D eigenvalue weighted by Gasteiger charge is -2.07. The normalized spacial score (nSPS) is 9.72. The number of hydrogen-bond acceptors (Lipinski definition) is 5. The van der Waals surface area contributed by atoms with Gasteiger partial charge in [-0.25, -0.2) is 0 Å². The molecule has 6 heteroatoms. The summed E-state index contributed by atoms with van der Waals surface area (Å²) >= 11 is 5.91. The average Bonchev–Trinajstić information content (AvgIpc) is 2.61. The molecule has 0 N–H and O–H groups in total. The third-order valence-corrected chi connectivity index (χ3v) is 3.16. The van der Waals surface area contributed by atoms with Gasteiger partial charge in [0.25, 0.3) is 0 Å². The molecule has 0 fully saturated rings. The van der Waals surface area contributed by atoms with E-state index in [9.17, 15) is 0 Å². The maximum atomic E-state index is 5.91. The van der Waals surface area contributed by atoms with Gasteiger partial charge in [-0.3, -0.25) is 0 Å². The van der Waals surface area contributed by atoms with Crippen molar-refractivity contribution in [2.24, 2.45) is 0 Å². The molecule has 1 heterocycles. The minimum Gasteiger partial charge on any atom is -0.424 e. The van der Waals surface area contributed by atoms with Gasteiger partial charge in [0.2, 0.25) is 5.28 Å². The third kappa shape index (κ3) is 4.26. The summed E-state index contributed by atoms with van der Waals surface area (Å²) in [5.41, 5.74) is 1.33. The van der Waals surface area contributed by atoms with Gasteiger partial charge in [-0.1, -0.05) is 24.0 Å². The molecule has 0 saturated carbocycles. The first-order valence-corrected chi connectivity index (χ1v) is 7.45. The van der Waals surface area contributed by atoms with Crippen LogP contribution in [-0.4, -0.2) is 15.0 Å². The van der Waals surface area contributed by atoms with Gasteiger partial charge < -0.3 is 9.47 Å². The van der Waals surface area contributed by atoms with Crippen LogP contribution in [0.15, 0.2) is 48.5 Å². The average molecular weight is 348 g/mol. The van der Waals surface area contributed by atoms with Gasteiger partial charge >= 0.3 is 12.0 Å². The van der Waals surface area contributed by atoms with Crippen molar-refractivity contribution in [3.8, 4) is 48.2 Å². The van der Waals surface area contributed by atoms with Crippen LogP contribution in [0, 0.1) is 24.7 Å². The number of benzene rings is 2. The number of hydrogen-bond donors (Lipinski definition) is 0. The number of terminal acetylenes is 2. The van der Waals surface area contributed by atoms with Gasteiger partial charge in [-0.2, -0.15) is 9.97 Å². The van der Waals surface area contributed by atoms with E-state index in [2.05, 4.69) is 26.8 Å². The van der Waals surface area contributed by atoms with Crippen molar-refractivity contribution < 1.29 is 9.47 Å². The van der Waals surface area contributed by atoms with Crippen LogP contribution in [0.2, 0.25) is 5.28 Å². The standard InChI is InChI=1S/C19H10ClN3O2/c1-3-13-7-5-9-15(11-13)24-18-21-17(20)22-19(23-18)25-16-10-6-8-14(4-2)12-16/h1-2,5-12H. The van der Waals surface area contributed by atoms with Crippen LogP contribution < -0.4 is 9.47 Å². The van der Waals surface area contributed by atoms with Crippen LogP contribution in [0.1, 0.15) is 11.1 Å². The topological polar surface area (TPSA) is 57.1 Å². The molecular weight excluding hydrogens is 338 g/mol. The molecule has 25 heavy (non-hydrogen) atoms. The minimum atomic E-state index is -0.0683. The van der Waals surface area contributed by atoms with Crippen LogP contribution in [0.3, 0.4) is 0 Å². The third-order valence-electron chi connectivity index (χ3n) is 2.99. The second-order valence-corrected chi connectivity index (χ2v) is 5.06. The summed E-state index contributed by atoms with van der Waals surface area (Å²) in [4.78, 5) is 11.9. The molecule has 120 valence electrons. The predicted molar refractivity (Wildman–Crippen MR) is 93.7 cm³/mol. The van der Waals surface area contributed by atoms with E-state index in [0.717, 1.165) is 0 Å². The molecule has 0 unspecified atom stereocenters. The van der Waals surface area contributed by atoms with Crippen LogP contribution in [0.4, 0.5) is 0 Å². The lowest BCUT2D eigenvalue weighted by Crippen LogP contribution is -1.99. The minimum absolute atomic E-state index is 0.0164. The van der Waals surface area contributed by atoms with Gasteiger partial charge in [0.05, 0.1) is 0 Å². The van der Waals surface area contributed by atoms with Crippen molar-refractivity contribution in [1.29, 1.82) is 0 Å². The molecular formula is C19H10ClN3O2. The van der Waals surface area contributed by atoms with E-state index in [0.29, 0.717) is 22.6 Å². The lowest BCUT2D eigenvalue weighted by molar-refractivity contribution is 0.397. The van der Waals surface area contributed by atoms with Crippen molar-refractivity contribution in [1.82, 2.24) is 15.0 Å². The molecule has 0 bridgehead atoms. The molecule has 2 aromatic carbocycles. The Morgan fingerprint density at radius 3 is 1.68 bits per heavy atom. The number of ether oxygens (including phenoxy) is 2. The van der Waals surface area contributed by atoms with Gasteiger partial charge in [-0.15, -0.1) is 17.8 Å². The summed E-state index contributed by atoms with van der Waals surface area (Å²) in [5.74, 6) is 5.98. The number of halogens is 1. The highest BCUT2D eigenvalue weighted by molar-refractivity contribution is 6.28. The van der Waals surface area contributed by atoms with E-state index in [4.69, 9.17) is 33.9 Å². The molecule has 0 radical (unpaired) electrons. The summed E-state index contributed by atoms with van der Waals surface area (Å²) < 4.78 is 11.1. The maximum absolute atomic E-state index is 5.91. The lowest BCUT2D eigenvalue weighted by atomic mass is 10.2. The number of rotatable bonds is 4. The molecule has 0 atom stereocenters. The van der Waals surface area contributed by atoms with E-state index >= 15 is 0 Å². The first-order chi connectivity index (χ1) is 12.2. The molecule has 0 aliphatic rings. The second-order valence-electron chi connectivity index (χ2n) is 4.72. The summed E-state index contributed by atoms with van der Waals surface area (Å²) in [6.45, 7) is 0. The molecule has 3 rings (SSSR count). The second kappa shape index (κ2) is 7.35. The van der Waals surface area contributed by atoms with E-state index in [-0.39, 0.29) is 17.3 Å². The van der Waals surface area contributed by atoms with E-state index in [1.165, 1.54) is 0 Å². The summed E-state index contributed by atoms with van der Waals surface area (Å²) in [6.07, 6.45) is 10.7. The van der Waals surface area contributed by atoms with E-state index in [1.807, 2.05) is 0 Å². The molecule has 3 aromatic rings. The first-order valence-electron chi connectivity index (χ1n) is 7.07. The largest absolute Gasteiger partial charge is 0.424 e. The summed E-state index contributed by atoms with van der Waals surface area (Å²) in [6, 6.07) is 13.8. The quantitative estimate of drug-likeness (QED) is 0.666. The van der Waals surface area contributed by atoms with Crippen molar-refractivity contribution in [2.75, 3.05) is 0 Å². The highest BCUT2D eigenvalue weighted by Gasteiger charge is 2.10. The molecule has 0 saturated heterocycles. The van der Waals surface area contributed by atoms with Gasteiger partial charge in [0.15, 0.2) is 0 Å². The van der Waals surface area contributed by atoms with Crippen molar-refractivity contribution >= 4 is 11.6 Å².